The van der Waals surface area contributed by atoms with Crippen LogP contribution in [0.4, 0.5) is 0 Å². The molecule has 5 nitrogen and oxygen atoms in total. The summed E-state index contributed by atoms with van der Waals surface area (Å²) in [5.74, 6) is 0.272. The molecule has 30 heavy (non-hydrogen) atoms. The summed E-state index contributed by atoms with van der Waals surface area (Å²) >= 11 is 0. The van der Waals surface area contributed by atoms with Gasteiger partial charge in [0.1, 0.15) is 22.1 Å². The topological polar surface area (TPSA) is 83.8 Å². The van der Waals surface area contributed by atoms with Crippen molar-refractivity contribution in [3.8, 4) is 17.2 Å². The van der Waals surface area contributed by atoms with Crippen LogP contribution in [0.15, 0.2) is 47.4 Å². The monoisotopic (exact) mass is 434 g/mol. The number of hydrogen-bond donors (Lipinski definition) is 2. The second-order valence-corrected chi connectivity index (χ2v) is 9.17. The highest BCUT2D eigenvalue weighted by Gasteiger charge is 2.16. The molecule has 0 bridgehead atoms. The predicted molar refractivity (Wildman–Crippen MR) is 120 cm³/mol. The van der Waals surface area contributed by atoms with Crippen molar-refractivity contribution in [2.45, 2.75) is 82.4 Å². The van der Waals surface area contributed by atoms with Gasteiger partial charge in [-0.25, -0.2) is 0 Å². The normalized spacial score (nSPS) is 11.5. The lowest BCUT2D eigenvalue weighted by Gasteiger charge is -2.09. The lowest BCUT2D eigenvalue weighted by atomic mass is 10.0. The van der Waals surface area contributed by atoms with Crippen molar-refractivity contribution in [2.75, 3.05) is 0 Å². The minimum Gasteiger partial charge on any atom is -0.506 e. The Morgan fingerprint density at radius 1 is 0.767 bits per heavy atom. The van der Waals surface area contributed by atoms with Crippen LogP contribution < -0.4 is 4.74 Å². The van der Waals surface area contributed by atoms with E-state index in [1.54, 1.807) is 0 Å². The molecule has 2 rings (SSSR count). The van der Waals surface area contributed by atoms with E-state index in [4.69, 9.17) is 9.29 Å². The van der Waals surface area contributed by atoms with Gasteiger partial charge in [-0.15, -0.1) is 0 Å². The van der Waals surface area contributed by atoms with Crippen LogP contribution >= 0.6 is 0 Å². The van der Waals surface area contributed by atoms with Crippen LogP contribution in [0, 0.1) is 0 Å². The fourth-order valence-electron chi connectivity index (χ4n) is 3.44. The van der Waals surface area contributed by atoms with E-state index in [2.05, 4.69) is 6.92 Å². The molecule has 166 valence electrons. The number of aromatic hydroxyl groups is 1. The first kappa shape index (κ1) is 24.2. The van der Waals surface area contributed by atoms with Crippen molar-refractivity contribution in [3.63, 3.8) is 0 Å². The van der Waals surface area contributed by atoms with E-state index in [0.717, 1.165) is 12.5 Å². The van der Waals surface area contributed by atoms with Crippen LogP contribution in [-0.4, -0.2) is 18.1 Å². The Morgan fingerprint density at radius 2 is 1.30 bits per heavy atom. The van der Waals surface area contributed by atoms with Gasteiger partial charge in [0.2, 0.25) is 0 Å². The molecule has 0 saturated heterocycles. The molecular weight excluding hydrogens is 400 g/mol. The number of aryl methyl sites for hydroxylation is 1. The molecule has 0 heterocycles. The van der Waals surface area contributed by atoms with E-state index in [-0.39, 0.29) is 5.75 Å². The Morgan fingerprint density at radius 3 is 1.87 bits per heavy atom. The van der Waals surface area contributed by atoms with E-state index < -0.39 is 20.8 Å². The lowest BCUT2D eigenvalue weighted by Crippen LogP contribution is -1.99. The molecule has 2 N–H and O–H groups in total. The smallest absolute Gasteiger partial charge is 0.298 e. The van der Waals surface area contributed by atoms with E-state index in [0.29, 0.717) is 5.75 Å². The lowest BCUT2D eigenvalue weighted by molar-refractivity contribution is 0.435. The van der Waals surface area contributed by atoms with Crippen LogP contribution in [-0.2, 0) is 16.5 Å². The maximum Gasteiger partial charge on any atom is 0.298 e. The number of ether oxygens (including phenoxy) is 1. The van der Waals surface area contributed by atoms with Gasteiger partial charge in [-0.05, 0) is 42.7 Å². The van der Waals surface area contributed by atoms with Crippen molar-refractivity contribution in [3.05, 3.63) is 48.0 Å². The molecule has 6 heteroatoms. The number of benzene rings is 2. The third-order valence-electron chi connectivity index (χ3n) is 5.19. The number of rotatable bonds is 14. The first-order valence-corrected chi connectivity index (χ1v) is 12.4. The summed E-state index contributed by atoms with van der Waals surface area (Å²) in [4.78, 5) is -0.572. The molecule has 0 radical (unpaired) electrons. The molecule has 2 aromatic rings. The van der Waals surface area contributed by atoms with E-state index in [9.17, 15) is 13.5 Å². The Labute approximate surface area is 180 Å². The summed E-state index contributed by atoms with van der Waals surface area (Å²) in [5.41, 5.74) is 1.24. The van der Waals surface area contributed by atoms with Gasteiger partial charge in [-0.3, -0.25) is 4.55 Å². The number of unbranched alkanes of at least 4 members (excludes halogenated alkanes) is 9. The molecule has 0 aromatic heterocycles. The van der Waals surface area contributed by atoms with Crippen LogP contribution in [0.5, 0.6) is 17.2 Å². The fraction of sp³-hybridized carbons (Fsp3) is 0.500. The first-order valence-electron chi connectivity index (χ1n) is 11.0. The minimum atomic E-state index is -4.51. The summed E-state index contributed by atoms with van der Waals surface area (Å²) in [6, 6.07) is 11.4. The molecule has 0 amide bonds. The maximum atomic E-state index is 11.3. The van der Waals surface area contributed by atoms with Gasteiger partial charge in [-0.2, -0.15) is 8.42 Å². The zero-order chi connectivity index (χ0) is 21.8. The first-order chi connectivity index (χ1) is 14.4. The van der Waals surface area contributed by atoms with Crippen LogP contribution in [0.1, 0.15) is 76.7 Å². The summed E-state index contributed by atoms with van der Waals surface area (Å²) in [7, 11) is -4.51. The summed E-state index contributed by atoms with van der Waals surface area (Å²) in [5, 5.41) is 9.57. The summed E-state index contributed by atoms with van der Waals surface area (Å²) in [6.45, 7) is 2.25. The van der Waals surface area contributed by atoms with Crippen molar-refractivity contribution in [1.82, 2.24) is 0 Å². The standard InChI is InChI=1S/C24H34O5S/c1-2-3-4-5-6-7-8-9-10-11-12-20-13-15-21(16-14-20)29-22-17-18-23(25)24(19-22)30(26,27)28/h13-19,25H,2-12H2,1H3,(H,26,27,28). The van der Waals surface area contributed by atoms with Gasteiger partial charge in [-0.1, -0.05) is 76.8 Å². The van der Waals surface area contributed by atoms with Crippen LogP contribution in [0.3, 0.4) is 0 Å². The second-order valence-electron chi connectivity index (χ2n) is 7.78. The number of phenols is 1. The highest BCUT2D eigenvalue weighted by Crippen LogP contribution is 2.30. The van der Waals surface area contributed by atoms with Gasteiger partial charge >= 0.3 is 0 Å². The highest BCUT2D eigenvalue weighted by molar-refractivity contribution is 7.86. The molecule has 0 spiro atoms. The minimum absolute atomic E-state index is 0.225. The van der Waals surface area contributed by atoms with Gasteiger partial charge in [0.05, 0.1) is 0 Å². The molecule has 0 aliphatic heterocycles. The third kappa shape index (κ3) is 8.76. The highest BCUT2D eigenvalue weighted by atomic mass is 32.2. The fourth-order valence-corrected chi connectivity index (χ4v) is 4.04. The molecule has 0 saturated carbocycles. The average Bonchev–Trinajstić information content (AvgIpc) is 2.71. The Bertz CT molecular complexity index is 860. The van der Waals surface area contributed by atoms with Crippen LogP contribution in [0.25, 0.3) is 0 Å². The van der Waals surface area contributed by atoms with Crippen molar-refractivity contribution in [1.29, 1.82) is 0 Å². The Hall–Kier alpha value is -2.05. The predicted octanol–water partition coefficient (Wildman–Crippen LogP) is 6.89. The van der Waals surface area contributed by atoms with Crippen LogP contribution in [0.2, 0.25) is 0 Å². The average molecular weight is 435 g/mol. The number of hydrogen-bond acceptors (Lipinski definition) is 4. The Balaban J connectivity index is 1.71. The third-order valence-corrected chi connectivity index (χ3v) is 6.07. The number of phenolic OH excluding ortho intramolecular Hbond substituents is 1. The SMILES string of the molecule is CCCCCCCCCCCCc1ccc(Oc2ccc(O)c(S(=O)(=O)O)c2)cc1. The largest absolute Gasteiger partial charge is 0.506 e. The van der Waals surface area contributed by atoms with E-state index in [1.165, 1.54) is 81.9 Å². The van der Waals surface area contributed by atoms with E-state index >= 15 is 0 Å². The maximum absolute atomic E-state index is 11.3. The molecule has 0 aliphatic carbocycles. The van der Waals surface area contributed by atoms with Gasteiger partial charge in [0.25, 0.3) is 10.1 Å². The summed E-state index contributed by atoms with van der Waals surface area (Å²) in [6.07, 6.45) is 14.2. The Kier molecular flexibility index (Phi) is 10.2. The molecule has 0 atom stereocenters. The van der Waals surface area contributed by atoms with Crippen molar-refractivity contribution >= 4 is 10.1 Å². The van der Waals surface area contributed by atoms with Crippen molar-refractivity contribution in [2.24, 2.45) is 0 Å². The molecule has 2 aromatic carbocycles. The zero-order valence-corrected chi connectivity index (χ0v) is 18.7. The molecule has 0 aliphatic rings. The molecule has 0 unspecified atom stereocenters. The molecule has 0 fully saturated rings. The van der Waals surface area contributed by atoms with Crippen molar-refractivity contribution < 1.29 is 22.8 Å². The van der Waals surface area contributed by atoms with Gasteiger partial charge < -0.3 is 9.84 Å². The second kappa shape index (κ2) is 12.6. The quantitative estimate of drug-likeness (QED) is 0.250. The van der Waals surface area contributed by atoms with E-state index in [1.807, 2.05) is 24.3 Å². The van der Waals surface area contributed by atoms with Gasteiger partial charge in [0, 0.05) is 6.07 Å². The van der Waals surface area contributed by atoms with Gasteiger partial charge in [0.15, 0.2) is 0 Å². The molecular formula is C24H34O5S. The zero-order valence-electron chi connectivity index (χ0n) is 17.8. The summed E-state index contributed by atoms with van der Waals surface area (Å²) < 4.78 is 37.3.